The topological polar surface area (TPSA) is 85.2 Å². The molecule has 0 unspecified atom stereocenters. The van der Waals surface area contributed by atoms with E-state index in [1.165, 1.54) is 0 Å². The van der Waals surface area contributed by atoms with Crippen LogP contribution in [0.3, 0.4) is 0 Å². The number of amides is 1. The number of aromatic nitrogens is 4. The van der Waals surface area contributed by atoms with Crippen molar-refractivity contribution in [2.75, 3.05) is 20.6 Å². The van der Waals surface area contributed by atoms with Gasteiger partial charge in [0.2, 0.25) is 0 Å². The van der Waals surface area contributed by atoms with E-state index in [1.807, 2.05) is 60.3 Å². The lowest BCUT2D eigenvalue weighted by molar-refractivity contribution is 0.0950. The van der Waals surface area contributed by atoms with Crippen LogP contribution in [0, 0.1) is 6.92 Å². The van der Waals surface area contributed by atoms with Gasteiger partial charge in [-0.25, -0.2) is 0 Å². The third-order valence-corrected chi connectivity index (χ3v) is 6.40. The molecular weight excluding hydrogens is 476 g/mol. The second kappa shape index (κ2) is 11.2. The molecule has 0 atom stereocenters. The fourth-order valence-corrected chi connectivity index (χ4v) is 4.20. The molecule has 0 radical (unpaired) electrons. The summed E-state index contributed by atoms with van der Waals surface area (Å²) >= 11 is 0. The van der Waals surface area contributed by atoms with E-state index < -0.39 is 0 Å². The number of rotatable bonds is 9. The molecule has 8 nitrogen and oxygen atoms in total. The van der Waals surface area contributed by atoms with E-state index in [-0.39, 0.29) is 5.91 Å². The molecule has 0 spiro atoms. The summed E-state index contributed by atoms with van der Waals surface area (Å²) in [4.78, 5) is 23.6. The molecule has 0 saturated carbocycles. The van der Waals surface area contributed by atoms with E-state index >= 15 is 0 Å². The average Bonchev–Trinajstić information content (AvgIpc) is 3.41. The molecule has 5 rings (SSSR count). The number of carbonyl (C=O) groups is 1. The summed E-state index contributed by atoms with van der Waals surface area (Å²) in [6.45, 7) is 4.08. The first kappa shape index (κ1) is 25.1. The lowest BCUT2D eigenvalue weighted by Gasteiger charge is -2.14. The van der Waals surface area contributed by atoms with Crippen molar-refractivity contribution in [1.82, 2.24) is 30.0 Å². The minimum absolute atomic E-state index is 0.153. The molecule has 3 aromatic heterocycles. The Kier molecular flexibility index (Phi) is 7.42. The number of benzene rings is 2. The van der Waals surface area contributed by atoms with Crippen LogP contribution in [0.15, 0.2) is 85.6 Å². The Morgan fingerprint density at radius 1 is 1.00 bits per heavy atom. The van der Waals surface area contributed by atoms with Crippen molar-refractivity contribution in [2.45, 2.75) is 20.0 Å². The van der Waals surface area contributed by atoms with Crippen LogP contribution in [-0.2, 0) is 13.1 Å². The fourth-order valence-electron chi connectivity index (χ4n) is 4.20. The van der Waals surface area contributed by atoms with Crippen molar-refractivity contribution in [2.24, 2.45) is 0 Å². The monoisotopic (exact) mass is 506 g/mol. The van der Waals surface area contributed by atoms with E-state index in [0.717, 1.165) is 46.2 Å². The van der Waals surface area contributed by atoms with Gasteiger partial charge in [-0.05, 0) is 74.6 Å². The van der Waals surface area contributed by atoms with Crippen LogP contribution < -0.4 is 10.1 Å². The number of hydrogen-bond acceptors (Lipinski definition) is 6. The highest BCUT2D eigenvalue weighted by atomic mass is 16.5. The van der Waals surface area contributed by atoms with Crippen molar-refractivity contribution in [1.29, 1.82) is 0 Å². The molecular formula is C30H30N6O2. The predicted octanol–water partition coefficient (Wildman–Crippen LogP) is 5.09. The standard InChI is InChI=1S/C30H30N6O2/c1-21-25(30(37)33-18-22-9-12-31-13-10-22)5-4-6-28(21)38-29-11-14-32-27-17-23(7-8-26(27)29)24-19-34-36(20-24)16-15-35(2)3/h4-14,17,19-20H,15-16,18H2,1-3H3,(H,33,37). The van der Waals surface area contributed by atoms with Crippen LogP contribution in [0.4, 0.5) is 0 Å². The zero-order valence-electron chi connectivity index (χ0n) is 21.8. The van der Waals surface area contributed by atoms with Crippen LogP contribution in [-0.4, -0.2) is 51.2 Å². The molecule has 8 heteroatoms. The van der Waals surface area contributed by atoms with Crippen molar-refractivity contribution in [3.63, 3.8) is 0 Å². The summed E-state index contributed by atoms with van der Waals surface area (Å²) in [5, 5.41) is 8.35. The summed E-state index contributed by atoms with van der Waals surface area (Å²) < 4.78 is 8.28. The van der Waals surface area contributed by atoms with E-state index in [1.54, 1.807) is 24.7 Å². The zero-order chi connectivity index (χ0) is 26.5. The van der Waals surface area contributed by atoms with Gasteiger partial charge in [0.25, 0.3) is 5.91 Å². The lowest BCUT2D eigenvalue weighted by Crippen LogP contribution is -2.23. The van der Waals surface area contributed by atoms with Gasteiger partial charge in [-0.2, -0.15) is 5.10 Å². The first-order valence-corrected chi connectivity index (χ1v) is 12.5. The smallest absolute Gasteiger partial charge is 0.251 e. The van der Waals surface area contributed by atoms with Gasteiger partial charge in [0, 0.05) is 60.0 Å². The molecule has 0 fully saturated rings. The van der Waals surface area contributed by atoms with Crippen LogP contribution in [0.25, 0.3) is 22.0 Å². The van der Waals surface area contributed by atoms with Crippen molar-refractivity contribution in [3.05, 3.63) is 102 Å². The Balaban J connectivity index is 1.35. The maximum absolute atomic E-state index is 12.9. The first-order valence-electron chi connectivity index (χ1n) is 12.5. The molecule has 0 aliphatic carbocycles. The Bertz CT molecular complexity index is 1560. The maximum atomic E-state index is 12.9. The number of hydrogen-bond donors (Lipinski definition) is 1. The highest BCUT2D eigenvalue weighted by Crippen LogP contribution is 2.33. The SMILES string of the molecule is Cc1c(Oc2ccnc3cc(-c4cnn(CCN(C)C)c4)ccc23)cccc1C(=O)NCc1ccncc1. The highest BCUT2D eigenvalue weighted by Gasteiger charge is 2.14. The molecule has 192 valence electrons. The van der Waals surface area contributed by atoms with E-state index in [4.69, 9.17) is 4.74 Å². The molecule has 0 bridgehead atoms. The largest absolute Gasteiger partial charge is 0.456 e. The highest BCUT2D eigenvalue weighted by molar-refractivity contribution is 5.96. The van der Waals surface area contributed by atoms with Gasteiger partial charge in [-0.3, -0.25) is 19.4 Å². The number of fused-ring (bicyclic) bond motifs is 1. The number of nitrogens with one attached hydrogen (secondary N) is 1. The van der Waals surface area contributed by atoms with Gasteiger partial charge in [-0.1, -0.05) is 12.1 Å². The fraction of sp³-hybridized carbons (Fsp3) is 0.200. The van der Waals surface area contributed by atoms with Crippen LogP contribution in [0.2, 0.25) is 0 Å². The Morgan fingerprint density at radius 3 is 2.66 bits per heavy atom. The predicted molar refractivity (Wildman–Crippen MR) is 148 cm³/mol. The van der Waals surface area contributed by atoms with Gasteiger partial charge in [-0.15, -0.1) is 0 Å². The number of nitrogens with zero attached hydrogens (tertiary/aromatic N) is 5. The van der Waals surface area contributed by atoms with Gasteiger partial charge in [0.05, 0.1) is 18.3 Å². The summed E-state index contributed by atoms with van der Waals surface area (Å²) in [7, 11) is 4.10. The summed E-state index contributed by atoms with van der Waals surface area (Å²) in [6.07, 6.45) is 9.10. The molecule has 3 heterocycles. The van der Waals surface area contributed by atoms with E-state index in [9.17, 15) is 4.79 Å². The Hall–Kier alpha value is -4.56. The minimum Gasteiger partial charge on any atom is -0.456 e. The summed E-state index contributed by atoms with van der Waals surface area (Å²) in [6, 6.07) is 17.2. The van der Waals surface area contributed by atoms with E-state index in [0.29, 0.717) is 23.6 Å². The number of pyridine rings is 2. The number of likely N-dealkylation sites (N-methyl/N-ethyl adjacent to an activating group) is 1. The minimum atomic E-state index is -0.153. The quantitative estimate of drug-likeness (QED) is 0.300. The normalized spacial score (nSPS) is 11.2. The third kappa shape index (κ3) is 5.71. The van der Waals surface area contributed by atoms with Crippen molar-refractivity contribution in [3.8, 4) is 22.6 Å². The average molecular weight is 507 g/mol. The van der Waals surface area contributed by atoms with Gasteiger partial charge >= 0.3 is 0 Å². The molecule has 0 aliphatic heterocycles. The molecule has 0 saturated heterocycles. The lowest BCUT2D eigenvalue weighted by atomic mass is 10.1. The van der Waals surface area contributed by atoms with Crippen LogP contribution in [0.5, 0.6) is 11.5 Å². The van der Waals surface area contributed by atoms with Crippen molar-refractivity contribution < 1.29 is 9.53 Å². The van der Waals surface area contributed by atoms with Gasteiger partial charge in [0.1, 0.15) is 11.5 Å². The molecule has 5 aromatic rings. The van der Waals surface area contributed by atoms with E-state index in [2.05, 4.69) is 51.6 Å². The second-order valence-electron chi connectivity index (χ2n) is 9.41. The second-order valence-corrected chi connectivity index (χ2v) is 9.41. The van der Waals surface area contributed by atoms with Gasteiger partial charge in [0.15, 0.2) is 0 Å². The van der Waals surface area contributed by atoms with Crippen LogP contribution >= 0.6 is 0 Å². The maximum Gasteiger partial charge on any atom is 0.251 e. The number of carbonyl (C=O) groups excluding carboxylic acids is 1. The molecule has 1 N–H and O–H groups in total. The van der Waals surface area contributed by atoms with Crippen LogP contribution in [0.1, 0.15) is 21.5 Å². The third-order valence-electron chi connectivity index (χ3n) is 6.40. The zero-order valence-corrected chi connectivity index (χ0v) is 21.8. The Labute approximate surface area is 221 Å². The molecule has 38 heavy (non-hydrogen) atoms. The van der Waals surface area contributed by atoms with Gasteiger partial charge < -0.3 is 15.0 Å². The molecule has 1 amide bonds. The first-order chi connectivity index (χ1) is 18.5. The summed E-state index contributed by atoms with van der Waals surface area (Å²) in [5.74, 6) is 1.15. The molecule has 0 aliphatic rings. The molecule has 2 aromatic carbocycles. The van der Waals surface area contributed by atoms with Crippen molar-refractivity contribution >= 4 is 16.8 Å². The number of ether oxygens (including phenoxy) is 1. The Morgan fingerprint density at radius 2 is 1.84 bits per heavy atom. The summed E-state index contributed by atoms with van der Waals surface area (Å²) in [5.41, 5.74) is 5.24.